The van der Waals surface area contributed by atoms with Crippen molar-refractivity contribution in [2.75, 3.05) is 0 Å². The molecule has 0 aromatic rings. The Hall–Kier alpha value is -1.07. The maximum Gasteiger partial charge on any atom is 0.178 e. The van der Waals surface area contributed by atoms with Crippen LogP contribution >= 0.6 is 0 Å². The summed E-state index contributed by atoms with van der Waals surface area (Å²) in [6.07, 6.45) is 2.44. The Labute approximate surface area is 159 Å². The molecule has 4 aliphatic carbocycles. The van der Waals surface area contributed by atoms with Crippen LogP contribution in [0.4, 0.5) is 8.78 Å². The van der Waals surface area contributed by atoms with E-state index in [1.807, 2.05) is 20.8 Å². The van der Waals surface area contributed by atoms with Gasteiger partial charge in [-0.2, -0.15) is 0 Å². The van der Waals surface area contributed by atoms with Crippen molar-refractivity contribution in [1.82, 2.24) is 0 Å². The zero-order chi connectivity index (χ0) is 20.0. The lowest BCUT2D eigenvalue weighted by atomic mass is 9.44. The molecule has 3 fully saturated rings. The van der Waals surface area contributed by atoms with Gasteiger partial charge < -0.3 is 10.2 Å². The number of carbonyl (C=O) groups excluding carboxylic acids is 1. The lowest BCUT2D eigenvalue weighted by molar-refractivity contribution is -0.225. The summed E-state index contributed by atoms with van der Waals surface area (Å²) in [5.41, 5.74) is -4.91. The number of allylic oxidation sites excluding steroid dienone is 4. The minimum absolute atomic E-state index is 0.0432. The van der Waals surface area contributed by atoms with Crippen molar-refractivity contribution in [3.8, 4) is 0 Å². The lowest BCUT2D eigenvalue weighted by Crippen LogP contribution is -2.69. The van der Waals surface area contributed by atoms with Crippen LogP contribution in [0.3, 0.4) is 0 Å². The third-order valence-electron chi connectivity index (χ3n) is 8.97. The molecule has 5 heteroatoms. The molecule has 150 valence electrons. The third kappa shape index (κ3) is 2.00. The van der Waals surface area contributed by atoms with Crippen LogP contribution in [0.25, 0.3) is 0 Å². The normalized spacial score (nSPS) is 57.0. The van der Waals surface area contributed by atoms with E-state index in [2.05, 4.69) is 0 Å². The summed E-state index contributed by atoms with van der Waals surface area (Å²) in [7, 11) is 0. The van der Waals surface area contributed by atoms with Crippen LogP contribution in [-0.2, 0) is 4.79 Å². The number of carbonyl (C=O) groups is 1. The minimum atomic E-state index is -2.05. The quantitative estimate of drug-likeness (QED) is 0.729. The molecule has 0 amide bonds. The Kier molecular flexibility index (Phi) is 3.93. The van der Waals surface area contributed by atoms with Crippen LogP contribution < -0.4 is 0 Å². The molecule has 0 spiro atoms. The van der Waals surface area contributed by atoms with E-state index in [0.717, 1.165) is 0 Å². The van der Waals surface area contributed by atoms with E-state index in [1.54, 1.807) is 6.92 Å². The van der Waals surface area contributed by atoms with E-state index in [4.69, 9.17) is 0 Å². The number of alkyl halides is 2. The van der Waals surface area contributed by atoms with Crippen molar-refractivity contribution in [3.05, 3.63) is 23.8 Å². The molecule has 0 aromatic carbocycles. The molecule has 0 aromatic heterocycles. The molecule has 1 unspecified atom stereocenters. The molecule has 0 bridgehead atoms. The number of hydrogen-bond acceptors (Lipinski definition) is 3. The second kappa shape index (κ2) is 5.50. The highest BCUT2D eigenvalue weighted by atomic mass is 19.1. The number of halogens is 2. The Balaban J connectivity index is 1.87. The predicted molar refractivity (Wildman–Crippen MR) is 98.4 cm³/mol. The number of ketones is 1. The number of aliphatic hydroxyl groups is 2. The summed E-state index contributed by atoms with van der Waals surface area (Å²) < 4.78 is 32.0. The van der Waals surface area contributed by atoms with Gasteiger partial charge in [0, 0.05) is 16.7 Å². The van der Waals surface area contributed by atoms with Crippen LogP contribution in [0.1, 0.15) is 53.4 Å². The van der Waals surface area contributed by atoms with Gasteiger partial charge in [0.1, 0.15) is 6.17 Å². The van der Waals surface area contributed by atoms with Gasteiger partial charge in [0.05, 0.1) is 11.7 Å². The van der Waals surface area contributed by atoms with Crippen LogP contribution in [0.2, 0.25) is 0 Å². The lowest BCUT2D eigenvalue weighted by Gasteiger charge is -2.63. The van der Waals surface area contributed by atoms with Crippen LogP contribution in [0, 0.1) is 28.6 Å². The maximum absolute atomic E-state index is 16.8. The van der Waals surface area contributed by atoms with Gasteiger partial charge >= 0.3 is 0 Å². The Morgan fingerprint density at radius 1 is 1.26 bits per heavy atom. The average molecular weight is 380 g/mol. The van der Waals surface area contributed by atoms with Gasteiger partial charge in [-0.25, -0.2) is 8.78 Å². The second-order valence-corrected chi connectivity index (χ2v) is 9.77. The van der Waals surface area contributed by atoms with Gasteiger partial charge in [-0.05, 0) is 62.2 Å². The van der Waals surface area contributed by atoms with Gasteiger partial charge in [-0.3, -0.25) is 4.79 Å². The highest BCUT2D eigenvalue weighted by Gasteiger charge is 2.74. The molecule has 27 heavy (non-hydrogen) atoms. The molecule has 4 rings (SSSR count). The SMILES string of the molecule is CC[C@@]1(O)[C@H](C)C[C@H]2[C@@H]3CC(F)C4=CC(=O)C=C[C@]4(C)[C@@]3(F)[C@@H](O)C[C@@]21C. The molecule has 0 aliphatic heterocycles. The van der Waals surface area contributed by atoms with Crippen molar-refractivity contribution in [2.24, 2.45) is 28.6 Å². The zero-order valence-electron chi connectivity index (χ0n) is 16.5. The highest BCUT2D eigenvalue weighted by Crippen LogP contribution is 2.71. The molecular weight excluding hydrogens is 350 g/mol. The molecule has 0 saturated heterocycles. The van der Waals surface area contributed by atoms with Gasteiger partial charge in [0.2, 0.25) is 0 Å². The van der Waals surface area contributed by atoms with Gasteiger partial charge in [-0.15, -0.1) is 0 Å². The van der Waals surface area contributed by atoms with E-state index < -0.39 is 40.3 Å². The zero-order valence-corrected chi connectivity index (χ0v) is 16.5. The third-order valence-corrected chi connectivity index (χ3v) is 8.97. The first-order chi connectivity index (χ1) is 12.5. The van der Waals surface area contributed by atoms with Crippen LogP contribution in [-0.4, -0.2) is 39.5 Å². The van der Waals surface area contributed by atoms with Gasteiger partial charge in [0.15, 0.2) is 11.5 Å². The molecule has 2 N–H and O–H groups in total. The van der Waals surface area contributed by atoms with E-state index in [0.29, 0.717) is 12.8 Å². The highest BCUT2D eigenvalue weighted by molar-refractivity contribution is 6.01. The molecule has 3 nitrogen and oxygen atoms in total. The first kappa shape index (κ1) is 19.3. The molecule has 4 aliphatic rings. The standard InChI is InChI=1S/C22H30F2O3/c1-5-21(27)12(2)8-14-15-10-17(23)16-9-13(25)6-7-19(16,3)22(15,24)18(26)11-20(14,21)4/h6-7,9,12,14-15,17-18,26-27H,5,8,10-11H2,1-4H3/t12-,14+,15+,17?,18+,19+,20+,21-,22+/m1/s1. The van der Waals surface area contributed by atoms with Crippen LogP contribution in [0.15, 0.2) is 23.8 Å². The molecule has 0 radical (unpaired) electrons. The second-order valence-electron chi connectivity index (χ2n) is 9.77. The fraction of sp³-hybridized carbons (Fsp3) is 0.773. The summed E-state index contributed by atoms with van der Waals surface area (Å²) >= 11 is 0. The van der Waals surface area contributed by atoms with E-state index in [1.165, 1.54) is 18.2 Å². The summed E-state index contributed by atoms with van der Waals surface area (Å²) in [6.45, 7) is 7.44. The average Bonchev–Trinajstić information content (AvgIpc) is 2.80. The van der Waals surface area contributed by atoms with Gasteiger partial charge in [0.25, 0.3) is 0 Å². The fourth-order valence-electron chi connectivity index (χ4n) is 7.38. The van der Waals surface area contributed by atoms with Crippen molar-refractivity contribution in [2.45, 2.75) is 76.9 Å². The van der Waals surface area contributed by atoms with Crippen molar-refractivity contribution >= 4 is 5.78 Å². The molecule has 9 atom stereocenters. The fourth-order valence-corrected chi connectivity index (χ4v) is 7.38. The molecular formula is C22H30F2O3. The molecule has 0 heterocycles. The summed E-state index contributed by atoms with van der Waals surface area (Å²) in [5, 5.41) is 22.5. The van der Waals surface area contributed by atoms with Crippen LogP contribution in [0.5, 0.6) is 0 Å². The number of rotatable bonds is 1. The van der Waals surface area contributed by atoms with E-state index >= 15 is 8.78 Å². The summed E-state index contributed by atoms with van der Waals surface area (Å²) in [5.74, 6) is -1.30. The van der Waals surface area contributed by atoms with E-state index in [-0.39, 0.29) is 36.0 Å². The predicted octanol–water partition coefficient (Wildman–Crippen LogP) is 3.69. The Morgan fingerprint density at radius 3 is 2.56 bits per heavy atom. The topological polar surface area (TPSA) is 57.5 Å². The van der Waals surface area contributed by atoms with Gasteiger partial charge in [-0.1, -0.05) is 26.8 Å². The minimum Gasteiger partial charge on any atom is -0.390 e. The smallest absolute Gasteiger partial charge is 0.178 e. The summed E-state index contributed by atoms with van der Waals surface area (Å²) in [4.78, 5) is 11.8. The largest absolute Gasteiger partial charge is 0.390 e. The van der Waals surface area contributed by atoms with Crippen molar-refractivity contribution < 1.29 is 23.8 Å². The first-order valence-corrected chi connectivity index (χ1v) is 10.1. The van der Waals surface area contributed by atoms with Crippen molar-refractivity contribution in [3.63, 3.8) is 0 Å². The van der Waals surface area contributed by atoms with E-state index in [9.17, 15) is 15.0 Å². The number of hydrogen-bond donors (Lipinski definition) is 2. The monoisotopic (exact) mass is 380 g/mol. The first-order valence-electron chi connectivity index (χ1n) is 10.1. The van der Waals surface area contributed by atoms with Crippen molar-refractivity contribution in [1.29, 1.82) is 0 Å². The number of fused-ring (bicyclic) bond motifs is 5. The Morgan fingerprint density at radius 2 is 1.93 bits per heavy atom. The number of aliphatic hydroxyl groups excluding tert-OH is 1. The Bertz CT molecular complexity index is 748. The summed E-state index contributed by atoms with van der Waals surface area (Å²) in [6, 6.07) is 0. The maximum atomic E-state index is 16.8. The molecule has 3 saturated carbocycles.